The van der Waals surface area contributed by atoms with Crippen LogP contribution in [0.5, 0.6) is 0 Å². The van der Waals surface area contributed by atoms with Crippen molar-refractivity contribution in [1.82, 2.24) is 9.55 Å². The highest BCUT2D eigenvalue weighted by Gasteiger charge is 2.30. The van der Waals surface area contributed by atoms with E-state index in [9.17, 15) is 0 Å². The number of aromatic nitrogens is 2. The first-order valence-electron chi connectivity index (χ1n) is 6.14. The number of fused-ring (bicyclic) bond motifs is 1. The molecule has 82 valence electrons. The highest BCUT2D eigenvalue weighted by molar-refractivity contribution is 5.39. The van der Waals surface area contributed by atoms with Gasteiger partial charge in [0.1, 0.15) is 11.6 Å². The molecule has 0 radical (unpaired) electrons. The summed E-state index contributed by atoms with van der Waals surface area (Å²) in [5.74, 6) is 2.77. The second-order valence-corrected chi connectivity index (χ2v) is 5.04. The van der Waals surface area contributed by atoms with E-state index in [-0.39, 0.29) is 0 Å². The van der Waals surface area contributed by atoms with E-state index in [4.69, 9.17) is 5.73 Å². The zero-order valence-electron chi connectivity index (χ0n) is 9.37. The molecule has 0 amide bonds. The molecule has 3 nitrogen and oxygen atoms in total. The van der Waals surface area contributed by atoms with Crippen molar-refractivity contribution >= 4 is 5.82 Å². The predicted octanol–water partition coefficient (Wildman–Crippen LogP) is 2.63. The molecule has 1 aliphatic carbocycles. The van der Waals surface area contributed by atoms with Crippen LogP contribution in [0, 0.1) is 0 Å². The largest absolute Gasteiger partial charge is 0.382 e. The van der Waals surface area contributed by atoms with Crippen LogP contribution < -0.4 is 5.73 Å². The number of hydrogen-bond donors (Lipinski definition) is 1. The Morgan fingerprint density at radius 1 is 1.27 bits per heavy atom. The lowest BCUT2D eigenvalue weighted by atomic mass is 9.84. The Balaban J connectivity index is 2.06. The first-order chi connectivity index (χ1) is 7.27. The predicted molar refractivity (Wildman–Crippen MR) is 60.9 cm³/mol. The Morgan fingerprint density at radius 2 is 2.07 bits per heavy atom. The quantitative estimate of drug-likeness (QED) is 0.766. The summed E-state index contributed by atoms with van der Waals surface area (Å²) >= 11 is 0. The average molecular weight is 205 g/mol. The van der Waals surface area contributed by atoms with E-state index in [2.05, 4.69) is 16.5 Å². The Labute approximate surface area is 90.7 Å². The van der Waals surface area contributed by atoms with Crippen LogP contribution in [0.1, 0.15) is 62.5 Å². The highest BCUT2D eigenvalue weighted by atomic mass is 15.2. The standard InChI is InChI=1S/C12H19N3/c1-8-4-2-7-10-11(13)14-12(15(8)10)9-5-3-6-9/h8-9H,2-7,13H2,1H3. The summed E-state index contributed by atoms with van der Waals surface area (Å²) < 4.78 is 2.43. The fraction of sp³-hybridized carbons (Fsp3) is 0.750. The first-order valence-corrected chi connectivity index (χ1v) is 6.14. The van der Waals surface area contributed by atoms with E-state index in [1.807, 2.05) is 0 Å². The second kappa shape index (κ2) is 3.26. The van der Waals surface area contributed by atoms with Gasteiger partial charge >= 0.3 is 0 Å². The number of nitrogens with zero attached hydrogens (tertiary/aromatic N) is 2. The maximum Gasteiger partial charge on any atom is 0.145 e. The van der Waals surface area contributed by atoms with Crippen molar-refractivity contribution in [2.24, 2.45) is 0 Å². The maximum atomic E-state index is 6.01. The minimum Gasteiger partial charge on any atom is -0.382 e. The van der Waals surface area contributed by atoms with Gasteiger partial charge in [0.2, 0.25) is 0 Å². The fourth-order valence-electron chi connectivity index (χ4n) is 2.89. The van der Waals surface area contributed by atoms with Gasteiger partial charge in [0.15, 0.2) is 0 Å². The Bertz CT molecular complexity index is 376. The molecular weight excluding hydrogens is 186 g/mol. The van der Waals surface area contributed by atoms with Gasteiger partial charge in [0, 0.05) is 12.0 Å². The van der Waals surface area contributed by atoms with E-state index in [1.165, 1.54) is 43.6 Å². The Kier molecular flexibility index (Phi) is 2.01. The van der Waals surface area contributed by atoms with Gasteiger partial charge in [0.05, 0.1) is 5.69 Å². The molecule has 0 spiro atoms. The van der Waals surface area contributed by atoms with E-state index in [0.29, 0.717) is 12.0 Å². The summed E-state index contributed by atoms with van der Waals surface area (Å²) in [5, 5.41) is 0. The lowest BCUT2D eigenvalue weighted by Crippen LogP contribution is -2.22. The number of anilines is 1. The van der Waals surface area contributed by atoms with Crippen LogP contribution in [0.15, 0.2) is 0 Å². The van der Waals surface area contributed by atoms with Crippen LogP contribution in [0.25, 0.3) is 0 Å². The molecule has 1 aliphatic heterocycles. The van der Waals surface area contributed by atoms with Gasteiger partial charge in [0.25, 0.3) is 0 Å². The van der Waals surface area contributed by atoms with Gasteiger partial charge in [-0.1, -0.05) is 6.42 Å². The van der Waals surface area contributed by atoms with Crippen molar-refractivity contribution in [3.63, 3.8) is 0 Å². The summed E-state index contributed by atoms with van der Waals surface area (Å²) in [6.45, 7) is 2.30. The molecule has 15 heavy (non-hydrogen) atoms. The van der Waals surface area contributed by atoms with E-state index in [1.54, 1.807) is 0 Å². The van der Waals surface area contributed by atoms with Crippen molar-refractivity contribution in [2.45, 2.75) is 57.4 Å². The van der Waals surface area contributed by atoms with Crippen molar-refractivity contribution in [3.8, 4) is 0 Å². The monoisotopic (exact) mass is 205 g/mol. The third-order valence-electron chi connectivity index (χ3n) is 4.01. The van der Waals surface area contributed by atoms with E-state index >= 15 is 0 Å². The molecule has 1 unspecified atom stereocenters. The minimum atomic E-state index is 0.606. The molecule has 0 saturated heterocycles. The fourth-order valence-corrected chi connectivity index (χ4v) is 2.89. The van der Waals surface area contributed by atoms with Crippen LogP contribution in [-0.4, -0.2) is 9.55 Å². The van der Waals surface area contributed by atoms with Crippen LogP contribution in [0.2, 0.25) is 0 Å². The van der Waals surface area contributed by atoms with E-state index in [0.717, 1.165) is 12.2 Å². The zero-order valence-corrected chi connectivity index (χ0v) is 9.37. The van der Waals surface area contributed by atoms with Crippen LogP contribution >= 0.6 is 0 Å². The Hall–Kier alpha value is -0.990. The molecule has 2 aliphatic rings. The van der Waals surface area contributed by atoms with Crippen molar-refractivity contribution < 1.29 is 0 Å². The van der Waals surface area contributed by atoms with Crippen molar-refractivity contribution in [3.05, 3.63) is 11.5 Å². The molecule has 2 N–H and O–H groups in total. The SMILES string of the molecule is CC1CCCc2c(N)nc(C3CCC3)n21. The lowest BCUT2D eigenvalue weighted by molar-refractivity contribution is 0.350. The summed E-state index contributed by atoms with van der Waals surface area (Å²) in [6, 6.07) is 0.606. The van der Waals surface area contributed by atoms with Crippen LogP contribution in [-0.2, 0) is 6.42 Å². The maximum absolute atomic E-state index is 6.01. The Morgan fingerprint density at radius 3 is 2.73 bits per heavy atom. The molecule has 1 aromatic rings. The normalized spacial score (nSPS) is 26.1. The summed E-state index contributed by atoms with van der Waals surface area (Å²) in [6.07, 6.45) is 7.64. The molecule has 3 rings (SSSR count). The van der Waals surface area contributed by atoms with Crippen LogP contribution in [0.4, 0.5) is 5.82 Å². The van der Waals surface area contributed by atoms with E-state index < -0.39 is 0 Å². The lowest BCUT2D eigenvalue weighted by Gasteiger charge is -2.30. The first kappa shape index (κ1) is 9.25. The third-order valence-corrected chi connectivity index (χ3v) is 4.01. The number of imidazole rings is 1. The second-order valence-electron chi connectivity index (χ2n) is 5.04. The average Bonchev–Trinajstić information content (AvgIpc) is 2.43. The molecule has 3 heteroatoms. The van der Waals surface area contributed by atoms with Gasteiger partial charge < -0.3 is 10.3 Å². The topological polar surface area (TPSA) is 43.8 Å². The van der Waals surface area contributed by atoms with Crippen molar-refractivity contribution in [1.29, 1.82) is 0 Å². The zero-order chi connectivity index (χ0) is 10.4. The number of rotatable bonds is 1. The van der Waals surface area contributed by atoms with Gasteiger partial charge in [-0.25, -0.2) is 4.98 Å². The third kappa shape index (κ3) is 1.29. The highest BCUT2D eigenvalue weighted by Crippen LogP contribution is 2.40. The van der Waals surface area contributed by atoms with Crippen LogP contribution in [0.3, 0.4) is 0 Å². The smallest absolute Gasteiger partial charge is 0.145 e. The molecule has 1 atom stereocenters. The number of hydrogen-bond acceptors (Lipinski definition) is 2. The van der Waals surface area contributed by atoms with Gasteiger partial charge in [-0.3, -0.25) is 0 Å². The minimum absolute atomic E-state index is 0.606. The molecule has 1 saturated carbocycles. The summed E-state index contributed by atoms with van der Waals surface area (Å²) in [4.78, 5) is 4.61. The summed E-state index contributed by atoms with van der Waals surface area (Å²) in [7, 11) is 0. The van der Waals surface area contributed by atoms with Crippen molar-refractivity contribution in [2.75, 3.05) is 5.73 Å². The molecule has 0 aromatic carbocycles. The molecular formula is C12H19N3. The number of nitrogens with two attached hydrogens (primary N) is 1. The molecule has 0 bridgehead atoms. The van der Waals surface area contributed by atoms with Gasteiger partial charge in [-0.2, -0.15) is 0 Å². The molecule has 1 fully saturated rings. The summed E-state index contributed by atoms with van der Waals surface area (Å²) in [5.41, 5.74) is 7.31. The number of nitrogen functional groups attached to an aromatic ring is 1. The van der Waals surface area contributed by atoms with Gasteiger partial charge in [-0.05, 0) is 39.0 Å². The molecule has 1 aromatic heterocycles. The molecule has 2 heterocycles. The van der Waals surface area contributed by atoms with Gasteiger partial charge in [-0.15, -0.1) is 0 Å².